The van der Waals surface area contributed by atoms with Crippen molar-refractivity contribution < 1.29 is 9.53 Å². The zero-order valence-corrected chi connectivity index (χ0v) is 9.50. The Morgan fingerprint density at radius 2 is 2.53 bits per heavy atom. The maximum absolute atomic E-state index is 11.3. The summed E-state index contributed by atoms with van der Waals surface area (Å²) in [6.07, 6.45) is 1.65. The molecule has 84 valence electrons. The maximum Gasteiger partial charge on any atom is 0.327 e. The largest absolute Gasteiger partial charge is 0.463 e. The number of esters is 1. The topological polar surface area (TPSA) is 70.1 Å². The van der Waals surface area contributed by atoms with Crippen molar-refractivity contribution in [3.05, 3.63) is 12.3 Å². The number of hydrogen-bond acceptors (Lipinski definition) is 5. The molecule has 1 aromatic rings. The van der Waals surface area contributed by atoms with Crippen LogP contribution in [0.1, 0.15) is 6.92 Å². The van der Waals surface area contributed by atoms with Gasteiger partial charge in [-0.3, -0.25) is 9.48 Å². The van der Waals surface area contributed by atoms with Crippen LogP contribution in [0.5, 0.6) is 0 Å². The van der Waals surface area contributed by atoms with Gasteiger partial charge < -0.3 is 10.5 Å². The Morgan fingerprint density at radius 3 is 3.13 bits per heavy atom. The summed E-state index contributed by atoms with van der Waals surface area (Å²) in [5.41, 5.74) is 5.41. The Balaban J connectivity index is 2.18. The molecule has 0 atom stereocenters. The van der Waals surface area contributed by atoms with Crippen LogP contribution in [-0.2, 0) is 16.1 Å². The van der Waals surface area contributed by atoms with Crippen molar-refractivity contribution in [1.29, 1.82) is 0 Å². The molecule has 6 heteroatoms. The molecular formula is C9H15N3O2S. The van der Waals surface area contributed by atoms with Gasteiger partial charge in [-0.2, -0.15) is 16.9 Å². The quantitative estimate of drug-likeness (QED) is 0.576. The minimum absolute atomic E-state index is 0.119. The lowest BCUT2D eigenvalue weighted by atomic mass is 10.6. The normalized spacial score (nSPS) is 10.2. The molecule has 0 spiro atoms. The number of carbonyl (C=O) groups excluding carboxylic acids is 1. The number of rotatable bonds is 6. The van der Waals surface area contributed by atoms with Gasteiger partial charge in [-0.05, 0) is 11.8 Å². The highest BCUT2D eigenvalue weighted by molar-refractivity contribution is 7.99. The van der Waals surface area contributed by atoms with Crippen LogP contribution in [0, 0.1) is 0 Å². The van der Waals surface area contributed by atoms with E-state index in [1.165, 1.54) is 4.68 Å². The van der Waals surface area contributed by atoms with E-state index in [2.05, 4.69) is 12.0 Å². The van der Waals surface area contributed by atoms with Gasteiger partial charge in [-0.15, -0.1) is 0 Å². The van der Waals surface area contributed by atoms with Crippen LogP contribution in [0.4, 0.5) is 5.82 Å². The molecule has 0 bridgehead atoms. The molecule has 1 aromatic heterocycles. The zero-order chi connectivity index (χ0) is 11.1. The zero-order valence-electron chi connectivity index (χ0n) is 8.68. The van der Waals surface area contributed by atoms with Gasteiger partial charge in [0.2, 0.25) is 0 Å². The van der Waals surface area contributed by atoms with Gasteiger partial charge in [0.05, 0.1) is 0 Å². The Kier molecular flexibility index (Phi) is 5.03. The number of nitrogens with two attached hydrogens (primary N) is 1. The first-order chi connectivity index (χ1) is 7.22. The fourth-order valence-corrected chi connectivity index (χ4v) is 1.49. The molecule has 0 aliphatic carbocycles. The molecule has 0 aliphatic rings. The lowest BCUT2D eigenvalue weighted by Gasteiger charge is -2.03. The summed E-state index contributed by atoms with van der Waals surface area (Å²) >= 11 is 1.74. The summed E-state index contributed by atoms with van der Waals surface area (Å²) in [4.78, 5) is 11.3. The molecule has 0 saturated carbocycles. The van der Waals surface area contributed by atoms with Crippen molar-refractivity contribution in [1.82, 2.24) is 9.78 Å². The second kappa shape index (κ2) is 6.34. The number of carbonyl (C=O) groups is 1. The van der Waals surface area contributed by atoms with Gasteiger partial charge >= 0.3 is 5.97 Å². The fraction of sp³-hybridized carbons (Fsp3) is 0.556. The van der Waals surface area contributed by atoms with Gasteiger partial charge in [0.15, 0.2) is 0 Å². The molecule has 15 heavy (non-hydrogen) atoms. The summed E-state index contributed by atoms with van der Waals surface area (Å²) in [7, 11) is 0. The van der Waals surface area contributed by atoms with Crippen LogP contribution < -0.4 is 5.73 Å². The maximum atomic E-state index is 11.3. The Morgan fingerprint density at radius 1 is 1.73 bits per heavy atom. The van der Waals surface area contributed by atoms with Gasteiger partial charge in [-0.1, -0.05) is 6.92 Å². The number of aromatic nitrogens is 2. The van der Waals surface area contributed by atoms with E-state index in [0.29, 0.717) is 12.4 Å². The van der Waals surface area contributed by atoms with Crippen molar-refractivity contribution in [2.24, 2.45) is 0 Å². The molecule has 0 unspecified atom stereocenters. The van der Waals surface area contributed by atoms with E-state index in [9.17, 15) is 4.79 Å². The standard InChI is InChI=1S/C9H15N3O2S/c1-2-15-6-5-14-9(13)7-12-4-3-8(10)11-12/h3-4H,2,5-7H2,1H3,(H2,10,11). The molecule has 0 aliphatic heterocycles. The second-order valence-corrected chi connectivity index (χ2v) is 4.25. The first kappa shape index (κ1) is 11.9. The predicted molar refractivity (Wildman–Crippen MR) is 60.6 cm³/mol. The fourth-order valence-electron chi connectivity index (χ4n) is 1.00. The third-order valence-electron chi connectivity index (χ3n) is 1.65. The molecule has 0 fully saturated rings. The Labute approximate surface area is 93.0 Å². The number of nitrogen functional groups attached to an aromatic ring is 1. The smallest absolute Gasteiger partial charge is 0.327 e. The van der Waals surface area contributed by atoms with Crippen molar-refractivity contribution in [2.45, 2.75) is 13.5 Å². The van der Waals surface area contributed by atoms with Crippen molar-refractivity contribution in [3.8, 4) is 0 Å². The average Bonchev–Trinajstić information content (AvgIpc) is 2.59. The lowest BCUT2D eigenvalue weighted by molar-refractivity contribution is -0.143. The van der Waals surface area contributed by atoms with Gasteiger partial charge in [0, 0.05) is 11.9 Å². The Hall–Kier alpha value is -1.17. The summed E-state index contributed by atoms with van der Waals surface area (Å²) in [6, 6.07) is 1.64. The number of anilines is 1. The summed E-state index contributed by atoms with van der Waals surface area (Å²) in [6.45, 7) is 2.64. The molecule has 0 saturated heterocycles. The number of hydrogen-bond donors (Lipinski definition) is 1. The van der Waals surface area contributed by atoms with Crippen LogP contribution in [0.15, 0.2) is 12.3 Å². The molecule has 0 aromatic carbocycles. The molecule has 1 heterocycles. The van der Waals surface area contributed by atoms with Crippen LogP contribution in [-0.4, -0.2) is 33.9 Å². The molecule has 0 radical (unpaired) electrons. The van der Waals surface area contributed by atoms with Crippen molar-refractivity contribution in [3.63, 3.8) is 0 Å². The summed E-state index contributed by atoms with van der Waals surface area (Å²) in [5, 5.41) is 3.88. The van der Waals surface area contributed by atoms with E-state index >= 15 is 0 Å². The number of ether oxygens (including phenoxy) is 1. The lowest BCUT2D eigenvalue weighted by Crippen LogP contribution is -2.15. The third kappa shape index (κ3) is 4.73. The van der Waals surface area contributed by atoms with Crippen LogP contribution in [0.2, 0.25) is 0 Å². The van der Waals surface area contributed by atoms with E-state index in [1.807, 2.05) is 0 Å². The van der Waals surface area contributed by atoms with E-state index in [0.717, 1.165) is 11.5 Å². The van der Waals surface area contributed by atoms with Crippen LogP contribution >= 0.6 is 11.8 Å². The monoisotopic (exact) mass is 229 g/mol. The number of thioether (sulfide) groups is 1. The third-order valence-corrected chi connectivity index (χ3v) is 2.51. The van der Waals surface area contributed by atoms with Crippen molar-refractivity contribution >= 4 is 23.5 Å². The van der Waals surface area contributed by atoms with Gasteiger partial charge in [0.1, 0.15) is 19.0 Å². The average molecular weight is 229 g/mol. The van der Waals surface area contributed by atoms with E-state index in [1.54, 1.807) is 24.0 Å². The van der Waals surface area contributed by atoms with Crippen molar-refractivity contribution in [2.75, 3.05) is 23.8 Å². The van der Waals surface area contributed by atoms with Crippen LogP contribution in [0.25, 0.3) is 0 Å². The molecular weight excluding hydrogens is 214 g/mol. The molecule has 0 amide bonds. The Bertz CT molecular complexity index is 314. The first-order valence-electron chi connectivity index (χ1n) is 4.74. The highest BCUT2D eigenvalue weighted by atomic mass is 32.2. The van der Waals surface area contributed by atoms with E-state index in [-0.39, 0.29) is 12.5 Å². The minimum Gasteiger partial charge on any atom is -0.463 e. The van der Waals surface area contributed by atoms with Crippen LogP contribution in [0.3, 0.4) is 0 Å². The molecule has 2 N–H and O–H groups in total. The summed E-state index contributed by atoms with van der Waals surface area (Å²) < 4.78 is 6.46. The predicted octanol–water partition coefficient (Wildman–Crippen LogP) is 0.762. The highest BCUT2D eigenvalue weighted by Gasteiger charge is 2.04. The van der Waals surface area contributed by atoms with E-state index in [4.69, 9.17) is 10.5 Å². The molecule has 1 rings (SSSR count). The molecule has 5 nitrogen and oxygen atoms in total. The highest BCUT2D eigenvalue weighted by Crippen LogP contribution is 1.99. The van der Waals surface area contributed by atoms with Gasteiger partial charge in [0.25, 0.3) is 0 Å². The minimum atomic E-state index is -0.283. The summed E-state index contributed by atoms with van der Waals surface area (Å²) in [5.74, 6) is 2.00. The SMILES string of the molecule is CCSCCOC(=O)Cn1ccc(N)n1. The number of nitrogens with zero attached hydrogens (tertiary/aromatic N) is 2. The van der Waals surface area contributed by atoms with E-state index < -0.39 is 0 Å². The second-order valence-electron chi connectivity index (χ2n) is 2.86. The first-order valence-corrected chi connectivity index (χ1v) is 5.90. The van der Waals surface area contributed by atoms with Gasteiger partial charge in [-0.25, -0.2) is 0 Å².